The minimum atomic E-state index is -2.14. The summed E-state index contributed by atoms with van der Waals surface area (Å²) in [5.74, 6) is 1.28. The normalized spacial score (nSPS) is 20.0. The first-order chi connectivity index (χ1) is 22.8. The van der Waals surface area contributed by atoms with Crippen LogP contribution in [0.25, 0.3) is 0 Å². The Hall–Kier alpha value is -4.41. The number of nitrogens with zero attached hydrogens (tertiary/aromatic N) is 2. The van der Waals surface area contributed by atoms with E-state index in [9.17, 15) is 9.59 Å². The summed E-state index contributed by atoms with van der Waals surface area (Å²) in [5, 5.41) is 8.87. The highest BCUT2D eigenvalue weighted by Gasteiger charge is 2.50. The number of H-pyrrole nitrogens is 1. The van der Waals surface area contributed by atoms with Gasteiger partial charge in [-0.15, -0.1) is 0 Å². The third-order valence-corrected chi connectivity index (χ3v) is 8.58. The third-order valence-electron chi connectivity index (χ3n) is 7.69. The van der Waals surface area contributed by atoms with Crippen LogP contribution in [0.2, 0.25) is 0 Å². The molecule has 1 fully saturated rings. The molecule has 0 saturated carbocycles. The standard InChI is InChI=1S/C33H34FN4O8P/c1-41-25-13-9-23(10-14-25)33(22-7-4-3-5-8-22,24-11-15-26(42-2)16-12-24)43-21-27-30(46-47(36)44-20-6-18-35)29(34)31(45-27)38-19-17-28(39)37-32(38)40/h3-5,7-17,19,27,29-31H,6,20-21,36H2,1-2H3,(H,37,39,40)/t27-,29-,30-,31-,47?/m1/s1. The molecular weight excluding hydrogens is 630 g/mol. The summed E-state index contributed by atoms with van der Waals surface area (Å²) in [7, 11) is 1.01. The number of hydrogen-bond acceptors (Lipinski definition) is 10. The Morgan fingerprint density at radius 2 is 1.55 bits per heavy atom. The Balaban J connectivity index is 1.57. The van der Waals surface area contributed by atoms with Crippen LogP contribution in [0.5, 0.6) is 11.5 Å². The van der Waals surface area contributed by atoms with Gasteiger partial charge in [0.1, 0.15) is 29.3 Å². The molecule has 4 aromatic rings. The Morgan fingerprint density at radius 3 is 2.11 bits per heavy atom. The highest BCUT2D eigenvalue weighted by Crippen LogP contribution is 2.45. The molecule has 1 aliphatic rings. The molecule has 246 valence electrons. The van der Waals surface area contributed by atoms with Crippen molar-refractivity contribution in [3.05, 3.63) is 129 Å². The second-order valence-electron chi connectivity index (χ2n) is 10.4. The lowest BCUT2D eigenvalue weighted by Gasteiger charge is -2.37. The van der Waals surface area contributed by atoms with E-state index in [1.807, 2.05) is 84.9 Å². The zero-order valence-electron chi connectivity index (χ0n) is 25.7. The Morgan fingerprint density at radius 1 is 0.957 bits per heavy atom. The van der Waals surface area contributed by atoms with E-state index in [1.165, 1.54) is 0 Å². The van der Waals surface area contributed by atoms with E-state index in [0.29, 0.717) is 11.5 Å². The van der Waals surface area contributed by atoms with E-state index in [1.54, 1.807) is 14.2 Å². The van der Waals surface area contributed by atoms with Crippen LogP contribution in [0.3, 0.4) is 0 Å². The van der Waals surface area contributed by atoms with Crippen LogP contribution in [0, 0.1) is 11.3 Å². The Kier molecular flexibility index (Phi) is 11.2. The number of aromatic amines is 1. The summed E-state index contributed by atoms with van der Waals surface area (Å²) < 4.78 is 52.3. The highest BCUT2D eigenvalue weighted by molar-refractivity contribution is 7.44. The lowest BCUT2D eigenvalue weighted by atomic mass is 9.80. The number of aromatic nitrogens is 2. The Labute approximate surface area is 271 Å². The third kappa shape index (κ3) is 7.44. The van der Waals surface area contributed by atoms with Crippen LogP contribution in [-0.4, -0.2) is 55.4 Å². The fourth-order valence-electron chi connectivity index (χ4n) is 5.42. The average molecular weight is 665 g/mol. The quantitative estimate of drug-likeness (QED) is 0.113. The van der Waals surface area contributed by atoms with Gasteiger partial charge in [-0.3, -0.25) is 19.8 Å². The van der Waals surface area contributed by atoms with Crippen LogP contribution >= 0.6 is 8.53 Å². The predicted molar refractivity (Wildman–Crippen MR) is 171 cm³/mol. The number of halogens is 1. The topological polar surface area (TPSA) is 160 Å². The van der Waals surface area contributed by atoms with Gasteiger partial charge in [0.2, 0.25) is 0 Å². The fourth-order valence-corrected chi connectivity index (χ4v) is 6.24. The van der Waals surface area contributed by atoms with Crippen LogP contribution < -0.4 is 26.2 Å². The van der Waals surface area contributed by atoms with Crippen LogP contribution in [0.4, 0.5) is 4.39 Å². The first kappa shape index (κ1) is 33.9. The molecule has 0 amide bonds. The molecule has 1 saturated heterocycles. The van der Waals surface area contributed by atoms with Gasteiger partial charge in [0.05, 0.1) is 39.9 Å². The van der Waals surface area contributed by atoms with Gasteiger partial charge in [-0.2, -0.15) is 5.26 Å². The van der Waals surface area contributed by atoms with Crippen LogP contribution in [0.1, 0.15) is 29.3 Å². The van der Waals surface area contributed by atoms with Crippen LogP contribution in [0.15, 0.2) is 101 Å². The average Bonchev–Trinajstić information content (AvgIpc) is 3.39. The maximum atomic E-state index is 16.2. The first-order valence-electron chi connectivity index (χ1n) is 14.6. The zero-order valence-corrected chi connectivity index (χ0v) is 26.5. The van der Waals surface area contributed by atoms with Gasteiger partial charge in [0.15, 0.2) is 12.4 Å². The summed E-state index contributed by atoms with van der Waals surface area (Å²) in [6.45, 7) is -0.257. The molecule has 5 rings (SSSR count). The van der Waals surface area contributed by atoms with E-state index in [-0.39, 0.29) is 19.6 Å². The number of nitrogens with one attached hydrogen (secondary N) is 1. The smallest absolute Gasteiger partial charge is 0.330 e. The number of nitriles is 1. The minimum absolute atomic E-state index is 0.0146. The molecule has 2 heterocycles. The minimum Gasteiger partial charge on any atom is -0.497 e. The first-order valence-corrected chi connectivity index (χ1v) is 15.9. The van der Waals surface area contributed by atoms with E-state index in [2.05, 4.69) is 4.98 Å². The maximum Gasteiger partial charge on any atom is 0.330 e. The molecule has 0 aliphatic carbocycles. The van der Waals surface area contributed by atoms with Crippen molar-refractivity contribution in [2.24, 2.45) is 5.50 Å². The van der Waals surface area contributed by atoms with Crippen molar-refractivity contribution >= 4 is 8.53 Å². The van der Waals surface area contributed by atoms with Crippen molar-refractivity contribution in [3.63, 3.8) is 0 Å². The van der Waals surface area contributed by atoms with Crippen molar-refractivity contribution < 1.29 is 32.4 Å². The lowest BCUT2D eigenvalue weighted by Crippen LogP contribution is -2.40. The predicted octanol–water partition coefficient (Wildman–Crippen LogP) is 4.30. The molecule has 5 atom stereocenters. The molecule has 14 heteroatoms. The molecule has 47 heavy (non-hydrogen) atoms. The molecule has 3 aromatic carbocycles. The SMILES string of the molecule is COc1ccc(C(OC[C@H]2O[C@@H](n3ccc(=O)[nH]c3=O)[C@H](F)[C@@H]2OP(N)OCCC#N)(c2ccccc2)c2ccc(OC)cc2)cc1. The maximum absolute atomic E-state index is 16.2. The van der Waals surface area contributed by atoms with E-state index in [4.69, 9.17) is 38.8 Å². The number of ether oxygens (including phenoxy) is 4. The molecule has 1 aromatic heterocycles. The van der Waals surface area contributed by atoms with Crippen molar-refractivity contribution in [2.45, 2.75) is 36.6 Å². The largest absolute Gasteiger partial charge is 0.497 e. The Bertz CT molecular complexity index is 1720. The van der Waals surface area contributed by atoms with Crippen molar-refractivity contribution in [2.75, 3.05) is 27.4 Å². The molecule has 0 radical (unpaired) electrons. The number of methoxy groups -OCH3 is 2. The van der Waals surface area contributed by atoms with E-state index in [0.717, 1.165) is 33.5 Å². The van der Waals surface area contributed by atoms with Gasteiger partial charge in [0, 0.05) is 12.3 Å². The van der Waals surface area contributed by atoms with Gasteiger partial charge in [0.25, 0.3) is 14.1 Å². The highest BCUT2D eigenvalue weighted by atomic mass is 31.2. The monoisotopic (exact) mass is 664 g/mol. The second kappa shape index (κ2) is 15.5. The van der Waals surface area contributed by atoms with Gasteiger partial charge >= 0.3 is 5.69 Å². The second-order valence-corrected chi connectivity index (χ2v) is 11.5. The summed E-state index contributed by atoms with van der Waals surface area (Å²) in [6, 6.07) is 27.3. The lowest BCUT2D eigenvalue weighted by molar-refractivity contribution is -0.0928. The summed E-state index contributed by atoms with van der Waals surface area (Å²) in [5.41, 5.74) is 5.53. The molecular formula is C33H34FN4O8P. The number of benzene rings is 3. The van der Waals surface area contributed by atoms with Gasteiger partial charge in [-0.05, 0) is 41.0 Å². The van der Waals surface area contributed by atoms with E-state index >= 15 is 4.39 Å². The molecule has 1 aliphatic heterocycles. The number of hydrogen-bond donors (Lipinski definition) is 2. The molecule has 3 N–H and O–H groups in total. The molecule has 1 unspecified atom stereocenters. The zero-order chi connectivity index (χ0) is 33.4. The van der Waals surface area contributed by atoms with Crippen molar-refractivity contribution in [1.82, 2.24) is 9.55 Å². The fraction of sp³-hybridized carbons (Fsp3) is 0.303. The van der Waals surface area contributed by atoms with Crippen molar-refractivity contribution in [1.29, 1.82) is 5.26 Å². The van der Waals surface area contributed by atoms with Gasteiger partial charge < -0.3 is 28.0 Å². The molecule has 0 spiro atoms. The summed E-state index contributed by atoms with van der Waals surface area (Å²) >= 11 is 0. The van der Waals surface area contributed by atoms with Crippen molar-refractivity contribution in [3.8, 4) is 17.6 Å². The molecule has 12 nitrogen and oxygen atoms in total. The molecule has 0 bridgehead atoms. The van der Waals surface area contributed by atoms with Crippen LogP contribution in [-0.2, 0) is 24.1 Å². The van der Waals surface area contributed by atoms with Gasteiger partial charge in [-0.1, -0.05) is 54.6 Å². The summed E-state index contributed by atoms with van der Waals surface area (Å²) in [4.78, 5) is 26.5. The summed E-state index contributed by atoms with van der Waals surface area (Å²) in [6.07, 6.45) is -4.65. The number of rotatable bonds is 14. The van der Waals surface area contributed by atoms with Gasteiger partial charge in [-0.25, -0.2) is 9.18 Å². The van der Waals surface area contributed by atoms with E-state index < -0.39 is 50.0 Å². The number of alkyl halides is 1. The number of nitrogens with two attached hydrogens (primary N) is 1.